The third kappa shape index (κ3) is 4.38. The molecular weight excluding hydrogens is 432 g/mol. The SMILES string of the molecule is CC1CCCN(S(=O)(=O)c2ccc(Oc3ccc(-n4ccnc4)cc3)cc2)[C@@H]1C(=O)NO. The van der Waals surface area contributed by atoms with Crippen molar-refractivity contribution >= 4 is 15.9 Å². The van der Waals surface area contributed by atoms with Crippen LogP contribution in [0.5, 0.6) is 11.5 Å². The van der Waals surface area contributed by atoms with Gasteiger partial charge in [0.2, 0.25) is 10.0 Å². The molecule has 2 aromatic carbocycles. The number of hydrogen-bond donors (Lipinski definition) is 2. The molecule has 1 fully saturated rings. The van der Waals surface area contributed by atoms with Crippen molar-refractivity contribution in [2.45, 2.75) is 30.7 Å². The van der Waals surface area contributed by atoms with Gasteiger partial charge in [0.05, 0.1) is 11.2 Å². The van der Waals surface area contributed by atoms with E-state index in [1.54, 1.807) is 37.1 Å². The van der Waals surface area contributed by atoms with E-state index < -0.39 is 22.0 Å². The number of nitrogens with zero attached hydrogens (tertiary/aromatic N) is 3. The molecule has 2 heterocycles. The minimum Gasteiger partial charge on any atom is -0.457 e. The van der Waals surface area contributed by atoms with E-state index in [-0.39, 0.29) is 17.4 Å². The van der Waals surface area contributed by atoms with Crippen LogP contribution in [0.1, 0.15) is 19.8 Å². The summed E-state index contributed by atoms with van der Waals surface area (Å²) in [7, 11) is -3.92. The summed E-state index contributed by atoms with van der Waals surface area (Å²) in [5.74, 6) is 0.156. The molecule has 2 atom stereocenters. The first kappa shape index (κ1) is 22.0. The molecule has 0 radical (unpaired) electrons. The minimum absolute atomic E-state index is 0.0603. The second kappa shape index (κ2) is 9.11. The van der Waals surface area contributed by atoms with E-state index in [2.05, 4.69) is 4.98 Å². The molecule has 1 aliphatic rings. The number of piperidine rings is 1. The van der Waals surface area contributed by atoms with Gasteiger partial charge in [-0.15, -0.1) is 0 Å². The number of amides is 1. The Balaban J connectivity index is 1.50. The molecule has 4 rings (SSSR count). The number of sulfonamides is 1. The van der Waals surface area contributed by atoms with Crippen LogP contribution in [-0.2, 0) is 14.8 Å². The average molecular weight is 457 g/mol. The van der Waals surface area contributed by atoms with E-state index in [9.17, 15) is 13.2 Å². The van der Waals surface area contributed by atoms with E-state index in [0.717, 1.165) is 9.99 Å². The number of aromatic nitrogens is 2. The Hall–Kier alpha value is -3.21. The van der Waals surface area contributed by atoms with E-state index >= 15 is 0 Å². The zero-order valence-corrected chi connectivity index (χ0v) is 18.3. The smallest absolute Gasteiger partial charge is 0.262 e. The Morgan fingerprint density at radius 2 is 1.78 bits per heavy atom. The first-order valence-electron chi connectivity index (χ1n) is 10.2. The lowest BCUT2D eigenvalue weighted by atomic mass is 9.92. The third-order valence-corrected chi connectivity index (χ3v) is 7.47. The van der Waals surface area contributed by atoms with Gasteiger partial charge < -0.3 is 9.30 Å². The van der Waals surface area contributed by atoms with Gasteiger partial charge in [0, 0.05) is 24.6 Å². The van der Waals surface area contributed by atoms with Crippen molar-refractivity contribution in [3.63, 3.8) is 0 Å². The largest absolute Gasteiger partial charge is 0.457 e. The summed E-state index contributed by atoms with van der Waals surface area (Å²) in [5, 5.41) is 9.06. The molecule has 0 spiro atoms. The molecule has 0 saturated carbocycles. The summed E-state index contributed by atoms with van der Waals surface area (Å²) < 4.78 is 35.3. The number of imidazole rings is 1. The number of hydrogen-bond acceptors (Lipinski definition) is 6. The van der Waals surface area contributed by atoms with Crippen molar-refractivity contribution in [3.8, 4) is 17.2 Å². The standard InChI is InChI=1S/C22H24N4O5S/c1-16-3-2-13-26(21(16)22(27)24-28)32(29,30)20-10-8-19(9-11-20)31-18-6-4-17(5-7-18)25-14-12-23-15-25/h4-12,14-16,21,28H,2-3,13H2,1H3,(H,24,27)/t16?,21-/m0/s1. The van der Waals surface area contributed by atoms with Gasteiger partial charge in [-0.2, -0.15) is 4.31 Å². The highest BCUT2D eigenvalue weighted by molar-refractivity contribution is 7.89. The molecule has 168 valence electrons. The molecule has 10 heteroatoms. The second-order valence-electron chi connectivity index (χ2n) is 7.69. The lowest BCUT2D eigenvalue weighted by Gasteiger charge is -2.37. The van der Waals surface area contributed by atoms with Gasteiger partial charge in [0.1, 0.15) is 17.5 Å². The molecular formula is C22H24N4O5S. The van der Waals surface area contributed by atoms with Crippen LogP contribution in [0.2, 0.25) is 0 Å². The van der Waals surface area contributed by atoms with E-state index in [1.165, 1.54) is 12.1 Å². The highest BCUT2D eigenvalue weighted by atomic mass is 32.2. The van der Waals surface area contributed by atoms with Crippen LogP contribution in [0.25, 0.3) is 5.69 Å². The summed E-state index contributed by atoms with van der Waals surface area (Å²) in [5.41, 5.74) is 2.54. The van der Waals surface area contributed by atoms with E-state index in [1.807, 2.05) is 35.0 Å². The monoisotopic (exact) mass is 456 g/mol. The fourth-order valence-electron chi connectivity index (χ4n) is 3.92. The fourth-order valence-corrected chi connectivity index (χ4v) is 5.65. The van der Waals surface area contributed by atoms with Gasteiger partial charge in [-0.05, 0) is 67.3 Å². The Morgan fingerprint density at radius 1 is 1.12 bits per heavy atom. The Kier molecular flexibility index (Phi) is 6.26. The summed E-state index contributed by atoms with van der Waals surface area (Å²) in [6, 6.07) is 12.5. The lowest BCUT2D eigenvalue weighted by molar-refractivity contribution is -0.135. The zero-order valence-electron chi connectivity index (χ0n) is 17.5. The maximum absolute atomic E-state index is 13.2. The number of rotatable bonds is 6. The Labute approximate surface area is 186 Å². The van der Waals surface area contributed by atoms with Crippen LogP contribution in [0.3, 0.4) is 0 Å². The number of carbonyl (C=O) groups excluding carboxylic acids is 1. The van der Waals surface area contributed by atoms with Crippen LogP contribution >= 0.6 is 0 Å². The molecule has 0 bridgehead atoms. The van der Waals surface area contributed by atoms with Crippen molar-refractivity contribution in [3.05, 3.63) is 67.3 Å². The minimum atomic E-state index is -3.92. The van der Waals surface area contributed by atoms with Crippen LogP contribution in [-0.4, -0.2) is 46.0 Å². The topological polar surface area (TPSA) is 114 Å². The van der Waals surface area contributed by atoms with Gasteiger partial charge in [-0.25, -0.2) is 18.9 Å². The number of ether oxygens (including phenoxy) is 1. The first-order chi connectivity index (χ1) is 15.4. The molecule has 3 aromatic rings. The Morgan fingerprint density at radius 3 is 2.38 bits per heavy atom. The maximum atomic E-state index is 13.2. The van der Waals surface area contributed by atoms with Crippen molar-refractivity contribution < 1.29 is 23.2 Å². The van der Waals surface area contributed by atoms with Gasteiger partial charge in [0.25, 0.3) is 5.91 Å². The highest BCUT2D eigenvalue weighted by Crippen LogP contribution is 2.31. The number of benzene rings is 2. The summed E-state index contributed by atoms with van der Waals surface area (Å²) in [6.45, 7) is 2.02. The molecule has 1 unspecified atom stereocenters. The highest BCUT2D eigenvalue weighted by Gasteiger charge is 2.41. The predicted molar refractivity (Wildman–Crippen MR) is 116 cm³/mol. The molecule has 1 aromatic heterocycles. The van der Waals surface area contributed by atoms with E-state index in [0.29, 0.717) is 24.3 Å². The van der Waals surface area contributed by atoms with Crippen molar-refractivity contribution in [1.29, 1.82) is 0 Å². The fraction of sp³-hybridized carbons (Fsp3) is 0.273. The molecule has 2 N–H and O–H groups in total. The average Bonchev–Trinajstić information content (AvgIpc) is 3.34. The number of nitrogens with one attached hydrogen (secondary N) is 1. The number of hydroxylamine groups is 1. The first-order valence-corrected chi connectivity index (χ1v) is 11.7. The molecule has 1 amide bonds. The third-order valence-electron chi connectivity index (χ3n) is 5.57. The van der Waals surface area contributed by atoms with Crippen molar-refractivity contribution in [2.24, 2.45) is 5.92 Å². The van der Waals surface area contributed by atoms with Gasteiger partial charge in [0.15, 0.2) is 0 Å². The summed E-state index contributed by atoms with van der Waals surface area (Å²) in [6.07, 6.45) is 6.59. The van der Waals surface area contributed by atoms with Crippen LogP contribution < -0.4 is 10.2 Å². The molecule has 0 aliphatic carbocycles. The van der Waals surface area contributed by atoms with E-state index in [4.69, 9.17) is 9.94 Å². The van der Waals surface area contributed by atoms with Crippen LogP contribution in [0, 0.1) is 5.92 Å². The van der Waals surface area contributed by atoms with Gasteiger partial charge in [-0.1, -0.05) is 6.92 Å². The molecule has 1 aliphatic heterocycles. The molecule has 1 saturated heterocycles. The van der Waals surface area contributed by atoms with Crippen molar-refractivity contribution in [1.82, 2.24) is 19.3 Å². The van der Waals surface area contributed by atoms with Crippen LogP contribution in [0.15, 0.2) is 72.1 Å². The summed E-state index contributed by atoms with van der Waals surface area (Å²) in [4.78, 5) is 16.2. The van der Waals surface area contributed by atoms with Crippen LogP contribution in [0.4, 0.5) is 0 Å². The summed E-state index contributed by atoms with van der Waals surface area (Å²) >= 11 is 0. The normalized spacial score (nSPS) is 19.4. The number of carbonyl (C=O) groups is 1. The quantitative estimate of drug-likeness (QED) is 0.435. The van der Waals surface area contributed by atoms with Gasteiger partial charge in [-0.3, -0.25) is 10.0 Å². The Bertz CT molecular complexity index is 1160. The molecule has 32 heavy (non-hydrogen) atoms. The van der Waals surface area contributed by atoms with Crippen molar-refractivity contribution in [2.75, 3.05) is 6.54 Å². The van der Waals surface area contributed by atoms with Gasteiger partial charge >= 0.3 is 0 Å². The zero-order chi connectivity index (χ0) is 22.7. The maximum Gasteiger partial charge on any atom is 0.262 e. The second-order valence-corrected chi connectivity index (χ2v) is 9.58. The predicted octanol–water partition coefficient (Wildman–Crippen LogP) is 2.96. The molecule has 9 nitrogen and oxygen atoms in total. The lowest BCUT2D eigenvalue weighted by Crippen LogP contribution is -2.54.